The van der Waals surface area contributed by atoms with Crippen LogP contribution in [0.3, 0.4) is 0 Å². The number of fused-ring (bicyclic) bond motifs is 3. The number of nitrogens with zero attached hydrogens (tertiary/aromatic N) is 1. The summed E-state index contributed by atoms with van der Waals surface area (Å²) in [7, 11) is 0. The minimum atomic E-state index is 1.14. The SMILES string of the molecule is c1ccc(-c2ccc(N(c3ccccc3)c3ccc4c(ccc5ccccc54)c3)cc2)cc1. The Kier molecular flexibility index (Phi) is 4.86. The Bertz CT molecular complexity index is 1530. The van der Waals surface area contributed by atoms with Crippen molar-refractivity contribution < 1.29 is 0 Å². The van der Waals surface area contributed by atoms with Crippen molar-refractivity contribution >= 4 is 38.6 Å². The smallest absolute Gasteiger partial charge is 0.0468 e. The van der Waals surface area contributed by atoms with Gasteiger partial charge in [-0.3, -0.25) is 0 Å². The average molecular weight is 422 g/mol. The fourth-order valence-corrected chi connectivity index (χ4v) is 4.60. The van der Waals surface area contributed by atoms with E-state index in [9.17, 15) is 0 Å². The van der Waals surface area contributed by atoms with Gasteiger partial charge >= 0.3 is 0 Å². The molecule has 0 N–H and O–H groups in total. The summed E-state index contributed by atoms with van der Waals surface area (Å²) in [5.74, 6) is 0. The van der Waals surface area contributed by atoms with Crippen molar-refractivity contribution in [2.45, 2.75) is 0 Å². The summed E-state index contributed by atoms with van der Waals surface area (Å²) in [6.07, 6.45) is 0. The van der Waals surface area contributed by atoms with Gasteiger partial charge in [0.1, 0.15) is 0 Å². The number of benzene rings is 6. The lowest BCUT2D eigenvalue weighted by molar-refractivity contribution is 1.29. The van der Waals surface area contributed by atoms with Crippen molar-refractivity contribution in [3.8, 4) is 11.1 Å². The summed E-state index contributed by atoms with van der Waals surface area (Å²) in [5, 5.41) is 5.09. The zero-order valence-corrected chi connectivity index (χ0v) is 18.2. The van der Waals surface area contributed by atoms with Gasteiger partial charge in [-0.15, -0.1) is 0 Å². The summed E-state index contributed by atoms with van der Waals surface area (Å²) in [6.45, 7) is 0. The molecule has 0 saturated carbocycles. The first-order valence-electron chi connectivity index (χ1n) is 11.3. The zero-order chi connectivity index (χ0) is 22.0. The maximum Gasteiger partial charge on any atom is 0.0468 e. The summed E-state index contributed by atoms with van der Waals surface area (Å²) < 4.78 is 0. The van der Waals surface area contributed by atoms with Gasteiger partial charge < -0.3 is 4.90 Å². The van der Waals surface area contributed by atoms with Crippen LogP contribution in [0.15, 0.2) is 140 Å². The first kappa shape index (κ1) is 19.3. The highest BCUT2D eigenvalue weighted by atomic mass is 15.1. The van der Waals surface area contributed by atoms with Gasteiger partial charge in [-0.1, -0.05) is 103 Å². The van der Waals surface area contributed by atoms with E-state index >= 15 is 0 Å². The molecule has 0 aliphatic carbocycles. The molecule has 6 aromatic rings. The minimum absolute atomic E-state index is 1.14. The fourth-order valence-electron chi connectivity index (χ4n) is 4.60. The van der Waals surface area contributed by atoms with Crippen LogP contribution in [0.4, 0.5) is 17.1 Å². The number of para-hydroxylation sites is 1. The Hall–Kier alpha value is -4.36. The van der Waals surface area contributed by atoms with Crippen molar-refractivity contribution in [3.63, 3.8) is 0 Å². The zero-order valence-electron chi connectivity index (χ0n) is 18.2. The van der Waals surface area contributed by atoms with Gasteiger partial charge in [0.25, 0.3) is 0 Å². The largest absolute Gasteiger partial charge is 0.310 e. The van der Waals surface area contributed by atoms with Gasteiger partial charge in [-0.2, -0.15) is 0 Å². The van der Waals surface area contributed by atoms with Crippen LogP contribution < -0.4 is 4.90 Å². The van der Waals surface area contributed by atoms with E-state index in [-0.39, 0.29) is 0 Å². The molecule has 0 fully saturated rings. The van der Waals surface area contributed by atoms with Crippen molar-refractivity contribution in [1.29, 1.82) is 0 Å². The molecular weight excluding hydrogens is 398 g/mol. The molecule has 0 saturated heterocycles. The molecule has 156 valence electrons. The number of anilines is 3. The Labute approximate surface area is 194 Å². The van der Waals surface area contributed by atoms with Crippen LogP contribution in [0.1, 0.15) is 0 Å². The van der Waals surface area contributed by atoms with Gasteiger partial charge in [-0.05, 0) is 69.1 Å². The van der Waals surface area contributed by atoms with Crippen molar-refractivity contribution in [3.05, 3.63) is 140 Å². The summed E-state index contributed by atoms with van der Waals surface area (Å²) in [6, 6.07) is 49.7. The monoisotopic (exact) mass is 421 g/mol. The molecular formula is C32H23N. The van der Waals surface area contributed by atoms with E-state index in [0.717, 1.165) is 17.1 Å². The van der Waals surface area contributed by atoms with E-state index in [4.69, 9.17) is 0 Å². The molecule has 1 heteroatoms. The number of hydrogen-bond acceptors (Lipinski definition) is 1. The second-order valence-electron chi connectivity index (χ2n) is 8.28. The molecule has 0 aliphatic heterocycles. The van der Waals surface area contributed by atoms with Crippen molar-refractivity contribution in [2.24, 2.45) is 0 Å². The second-order valence-corrected chi connectivity index (χ2v) is 8.28. The maximum absolute atomic E-state index is 2.32. The first-order chi connectivity index (χ1) is 16.4. The third-order valence-corrected chi connectivity index (χ3v) is 6.23. The molecule has 0 bridgehead atoms. The molecule has 0 amide bonds. The lowest BCUT2D eigenvalue weighted by atomic mass is 10.0. The van der Waals surface area contributed by atoms with Crippen LogP contribution in [0.25, 0.3) is 32.7 Å². The predicted octanol–water partition coefficient (Wildman–Crippen LogP) is 9.13. The molecule has 0 aliphatic rings. The van der Waals surface area contributed by atoms with Crippen LogP contribution >= 0.6 is 0 Å². The quantitative estimate of drug-likeness (QED) is 0.256. The van der Waals surface area contributed by atoms with E-state index in [1.807, 2.05) is 0 Å². The third kappa shape index (κ3) is 3.64. The fraction of sp³-hybridized carbons (Fsp3) is 0. The molecule has 0 unspecified atom stereocenters. The van der Waals surface area contributed by atoms with E-state index in [0.29, 0.717) is 0 Å². The lowest BCUT2D eigenvalue weighted by Gasteiger charge is -2.26. The molecule has 0 heterocycles. The van der Waals surface area contributed by atoms with E-state index < -0.39 is 0 Å². The van der Waals surface area contributed by atoms with Crippen molar-refractivity contribution in [1.82, 2.24) is 0 Å². The van der Waals surface area contributed by atoms with Gasteiger partial charge in [-0.25, -0.2) is 0 Å². The highest BCUT2D eigenvalue weighted by molar-refractivity contribution is 6.08. The summed E-state index contributed by atoms with van der Waals surface area (Å²) in [5.41, 5.74) is 5.88. The molecule has 6 rings (SSSR count). The number of rotatable bonds is 4. The van der Waals surface area contributed by atoms with Gasteiger partial charge in [0, 0.05) is 17.1 Å². The molecule has 0 aromatic heterocycles. The number of hydrogen-bond donors (Lipinski definition) is 0. The third-order valence-electron chi connectivity index (χ3n) is 6.23. The Morgan fingerprint density at radius 1 is 0.333 bits per heavy atom. The highest BCUT2D eigenvalue weighted by Crippen LogP contribution is 2.38. The molecule has 6 aromatic carbocycles. The second kappa shape index (κ2) is 8.29. The maximum atomic E-state index is 2.32. The Morgan fingerprint density at radius 3 is 1.67 bits per heavy atom. The molecule has 0 spiro atoms. The van der Waals surface area contributed by atoms with Crippen LogP contribution in [-0.2, 0) is 0 Å². The molecule has 1 nitrogen and oxygen atoms in total. The van der Waals surface area contributed by atoms with Crippen LogP contribution in [0, 0.1) is 0 Å². The van der Waals surface area contributed by atoms with Gasteiger partial charge in [0.15, 0.2) is 0 Å². The minimum Gasteiger partial charge on any atom is -0.310 e. The van der Waals surface area contributed by atoms with E-state index in [2.05, 4.69) is 144 Å². The normalized spacial score (nSPS) is 11.0. The van der Waals surface area contributed by atoms with Gasteiger partial charge in [0.2, 0.25) is 0 Å². The molecule has 33 heavy (non-hydrogen) atoms. The van der Waals surface area contributed by atoms with Crippen molar-refractivity contribution in [2.75, 3.05) is 4.90 Å². The topological polar surface area (TPSA) is 3.24 Å². The first-order valence-corrected chi connectivity index (χ1v) is 11.3. The van der Waals surface area contributed by atoms with Crippen LogP contribution in [0.5, 0.6) is 0 Å². The lowest BCUT2D eigenvalue weighted by Crippen LogP contribution is -2.09. The Morgan fingerprint density at radius 2 is 0.879 bits per heavy atom. The highest BCUT2D eigenvalue weighted by Gasteiger charge is 2.13. The van der Waals surface area contributed by atoms with Crippen LogP contribution in [-0.4, -0.2) is 0 Å². The van der Waals surface area contributed by atoms with E-state index in [1.165, 1.54) is 32.7 Å². The van der Waals surface area contributed by atoms with Crippen LogP contribution in [0.2, 0.25) is 0 Å². The summed E-state index contributed by atoms with van der Waals surface area (Å²) in [4.78, 5) is 2.32. The molecule has 0 radical (unpaired) electrons. The van der Waals surface area contributed by atoms with E-state index in [1.54, 1.807) is 0 Å². The molecule has 0 atom stereocenters. The predicted molar refractivity (Wildman–Crippen MR) is 142 cm³/mol. The Balaban J connectivity index is 1.48. The van der Waals surface area contributed by atoms with Gasteiger partial charge in [0.05, 0.1) is 0 Å². The standard InChI is InChI=1S/C32H23N/c1-3-9-24(10-4-1)25-17-19-29(20-18-25)33(28-12-5-2-6-13-28)30-21-22-32-27(23-30)16-15-26-11-7-8-14-31(26)32/h1-23H. The summed E-state index contributed by atoms with van der Waals surface area (Å²) >= 11 is 0. The average Bonchev–Trinajstić information content (AvgIpc) is 2.90.